The molecule has 0 unspecified atom stereocenters. The van der Waals surface area contributed by atoms with E-state index in [2.05, 4.69) is 0 Å². The third-order valence-electron chi connectivity index (χ3n) is 6.28. The third kappa shape index (κ3) is 8.88. The molecule has 0 spiro atoms. The van der Waals surface area contributed by atoms with Crippen molar-refractivity contribution < 1.29 is 23.8 Å². The minimum absolute atomic E-state index is 0.195. The molecule has 33 heavy (non-hydrogen) atoms. The molecule has 2 aliphatic rings. The zero-order chi connectivity index (χ0) is 23.7. The van der Waals surface area contributed by atoms with E-state index < -0.39 is 5.60 Å². The molecule has 0 N–H and O–H groups in total. The molecular formula is C26H40N2O5. The van der Waals surface area contributed by atoms with Gasteiger partial charge in [0, 0.05) is 32.8 Å². The van der Waals surface area contributed by atoms with Crippen LogP contribution >= 0.6 is 0 Å². The van der Waals surface area contributed by atoms with Crippen LogP contribution < -0.4 is 0 Å². The number of likely N-dealkylation sites (tertiary alicyclic amines) is 2. The number of carbonyl (C=O) groups is 2. The molecule has 2 aliphatic heterocycles. The third-order valence-corrected chi connectivity index (χ3v) is 6.28. The van der Waals surface area contributed by atoms with E-state index in [9.17, 15) is 9.59 Å². The molecule has 0 bridgehead atoms. The van der Waals surface area contributed by atoms with Gasteiger partial charge in [-0.15, -0.1) is 0 Å². The smallest absolute Gasteiger partial charge is 0.410 e. The van der Waals surface area contributed by atoms with Crippen molar-refractivity contribution in [1.29, 1.82) is 0 Å². The van der Waals surface area contributed by atoms with Gasteiger partial charge in [0.2, 0.25) is 0 Å². The molecule has 2 saturated heterocycles. The van der Waals surface area contributed by atoms with Crippen molar-refractivity contribution in [3.8, 4) is 0 Å². The molecule has 0 radical (unpaired) electrons. The Balaban J connectivity index is 1.23. The molecule has 0 atom stereocenters. The molecule has 0 saturated carbocycles. The highest BCUT2D eigenvalue weighted by molar-refractivity contribution is 5.68. The SMILES string of the molecule is CC(C)(C)OC(=O)N1CCC(CCCOC2CCN(C(=O)OCc3ccccc3)CC2)CC1. The average molecular weight is 461 g/mol. The minimum atomic E-state index is -0.441. The molecule has 1 aromatic rings. The van der Waals surface area contributed by atoms with Crippen LogP contribution in [0.25, 0.3) is 0 Å². The number of nitrogens with zero attached hydrogens (tertiary/aromatic N) is 2. The molecule has 0 aromatic heterocycles. The predicted octanol–water partition coefficient (Wildman–Crippen LogP) is 5.23. The van der Waals surface area contributed by atoms with E-state index in [1.165, 1.54) is 0 Å². The number of piperidine rings is 2. The average Bonchev–Trinajstić information content (AvgIpc) is 2.80. The fraction of sp³-hybridized carbons (Fsp3) is 0.692. The first-order chi connectivity index (χ1) is 15.8. The first-order valence-corrected chi connectivity index (χ1v) is 12.4. The van der Waals surface area contributed by atoms with Crippen LogP contribution in [-0.2, 0) is 20.8 Å². The maximum absolute atomic E-state index is 12.3. The van der Waals surface area contributed by atoms with Crippen molar-refractivity contribution in [2.45, 2.75) is 77.6 Å². The Labute approximate surface area is 198 Å². The topological polar surface area (TPSA) is 68.3 Å². The predicted molar refractivity (Wildman–Crippen MR) is 127 cm³/mol. The maximum atomic E-state index is 12.3. The Morgan fingerprint density at radius 1 is 0.909 bits per heavy atom. The van der Waals surface area contributed by atoms with Crippen LogP contribution in [0.2, 0.25) is 0 Å². The lowest BCUT2D eigenvalue weighted by Gasteiger charge is -2.33. The summed E-state index contributed by atoms with van der Waals surface area (Å²) in [7, 11) is 0. The van der Waals surface area contributed by atoms with Crippen LogP contribution in [0.5, 0.6) is 0 Å². The lowest BCUT2D eigenvalue weighted by Crippen LogP contribution is -2.42. The quantitative estimate of drug-likeness (QED) is 0.521. The highest BCUT2D eigenvalue weighted by atomic mass is 16.6. The summed E-state index contributed by atoms with van der Waals surface area (Å²) in [5.41, 5.74) is 0.559. The second-order valence-electron chi connectivity index (χ2n) is 10.2. The number of amides is 2. The second-order valence-corrected chi connectivity index (χ2v) is 10.2. The lowest BCUT2D eigenvalue weighted by atomic mass is 9.92. The number of benzene rings is 1. The van der Waals surface area contributed by atoms with Gasteiger partial charge in [-0.25, -0.2) is 9.59 Å². The summed E-state index contributed by atoms with van der Waals surface area (Å²) in [6.45, 7) is 9.70. The Hall–Kier alpha value is -2.28. The van der Waals surface area contributed by atoms with Crippen LogP contribution in [0.3, 0.4) is 0 Å². The Morgan fingerprint density at radius 3 is 2.15 bits per heavy atom. The Morgan fingerprint density at radius 2 is 1.52 bits per heavy atom. The molecule has 2 fully saturated rings. The highest BCUT2D eigenvalue weighted by Crippen LogP contribution is 2.24. The van der Waals surface area contributed by atoms with Gasteiger partial charge in [0.15, 0.2) is 0 Å². The van der Waals surface area contributed by atoms with E-state index in [0.717, 1.165) is 63.8 Å². The monoisotopic (exact) mass is 460 g/mol. The molecule has 7 nitrogen and oxygen atoms in total. The van der Waals surface area contributed by atoms with Gasteiger partial charge in [-0.3, -0.25) is 0 Å². The number of hydrogen-bond acceptors (Lipinski definition) is 5. The molecule has 2 heterocycles. The Kier molecular flexibility index (Phi) is 9.41. The summed E-state index contributed by atoms with van der Waals surface area (Å²) >= 11 is 0. The van der Waals surface area contributed by atoms with Gasteiger partial charge in [0.25, 0.3) is 0 Å². The summed E-state index contributed by atoms with van der Waals surface area (Å²) in [4.78, 5) is 28.1. The fourth-order valence-corrected chi connectivity index (χ4v) is 4.37. The summed E-state index contributed by atoms with van der Waals surface area (Å²) in [5.74, 6) is 0.647. The first-order valence-electron chi connectivity index (χ1n) is 12.4. The van der Waals surface area contributed by atoms with Gasteiger partial charge in [0.1, 0.15) is 12.2 Å². The zero-order valence-electron chi connectivity index (χ0n) is 20.5. The van der Waals surface area contributed by atoms with E-state index in [1.807, 2.05) is 56.0 Å². The van der Waals surface area contributed by atoms with Gasteiger partial charge in [0.05, 0.1) is 6.10 Å². The van der Waals surface area contributed by atoms with Crippen molar-refractivity contribution in [2.75, 3.05) is 32.8 Å². The van der Waals surface area contributed by atoms with Crippen molar-refractivity contribution >= 4 is 12.2 Å². The molecule has 3 rings (SSSR count). The van der Waals surface area contributed by atoms with Crippen LogP contribution in [0.15, 0.2) is 30.3 Å². The van der Waals surface area contributed by atoms with Gasteiger partial charge in [-0.1, -0.05) is 30.3 Å². The molecule has 184 valence electrons. The standard InChI is InChI=1S/C26H40N2O5/c1-26(2,3)33-25(30)28-15-11-21(12-16-28)10-7-19-31-23-13-17-27(18-14-23)24(29)32-20-22-8-5-4-6-9-22/h4-6,8-9,21,23H,7,10-20H2,1-3H3. The largest absolute Gasteiger partial charge is 0.445 e. The molecule has 1 aromatic carbocycles. The van der Waals surface area contributed by atoms with Crippen LogP contribution in [-0.4, -0.2) is 66.5 Å². The molecular weight excluding hydrogens is 420 g/mol. The van der Waals surface area contributed by atoms with E-state index in [-0.39, 0.29) is 18.3 Å². The number of hydrogen-bond donors (Lipinski definition) is 0. The van der Waals surface area contributed by atoms with Crippen LogP contribution in [0, 0.1) is 5.92 Å². The second kappa shape index (κ2) is 12.3. The molecule has 2 amide bonds. The van der Waals surface area contributed by atoms with Gasteiger partial charge in [-0.05, 0) is 70.8 Å². The summed E-state index contributed by atoms with van der Waals surface area (Å²) in [5, 5.41) is 0. The summed E-state index contributed by atoms with van der Waals surface area (Å²) in [6, 6.07) is 9.75. The lowest BCUT2D eigenvalue weighted by molar-refractivity contribution is 0.000471. The fourth-order valence-electron chi connectivity index (χ4n) is 4.37. The van der Waals surface area contributed by atoms with Gasteiger partial charge < -0.3 is 24.0 Å². The van der Waals surface area contributed by atoms with Crippen molar-refractivity contribution in [3.05, 3.63) is 35.9 Å². The number of rotatable bonds is 7. The van der Waals surface area contributed by atoms with Gasteiger partial charge in [-0.2, -0.15) is 0 Å². The van der Waals surface area contributed by atoms with E-state index in [0.29, 0.717) is 25.6 Å². The summed E-state index contributed by atoms with van der Waals surface area (Å²) in [6.07, 6.45) is 5.73. The van der Waals surface area contributed by atoms with Crippen molar-refractivity contribution in [2.24, 2.45) is 5.92 Å². The first kappa shape index (κ1) is 25.3. The highest BCUT2D eigenvalue weighted by Gasteiger charge is 2.27. The van der Waals surface area contributed by atoms with E-state index >= 15 is 0 Å². The minimum Gasteiger partial charge on any atom is -0.445 e. The van der Waals surface area contributed by atoms with Crippen LogP contribution in [0.4, 0.5) is 9.59 Å². The van der Waals surface area contributed by atoms with E-state index in [1.54, 1.807) is 4.90 Å². The number of ether oxygens (including phenoxy) is 3. The zero-order valence-corrected chi connectivity index (χ0v) is 20.5. The number of carbonyl (C=O) groups excluding carboxylic acids is 2. The van der Waals surface area contributed by atoms with Crippen molar-refractivity contribution in [3.63, 3.8) is 0 Å². The normalized spacial score (nSPS) is 18.3. The van der Waals surface area contributed by atoms with Gasteiger partial charge >= 0.3 is 12.2 Å². The molecule has 7 heteroatoms. The van der Waals surface area contributed by atoms with E-state index in [4.69, 9.17) is 14.2 Å². The van der Waals surface area contributed by atoms with Crippen LogP contribution in [0.1, 0.15) is 64.9 Å². The molecule has 0 aliphatic carbocycles. The van der Waals surface area contributed by atoms with Crippen molar-refractivity contribution in [1.82, 2.24) is 9.80 Å². The Bertz CT molecular complexity index is 733. The summed E-state index contributed by atoms with van der Waals surface area (Å²) < 4.78 is 17.0. The maximum Gasteiger partial charge on any atom is 0.410 e.